The van der Waals surface area contributed by atoms with Gasteiger partial charge in [-0.15, -0.1) is 0 Å². The highest BCUT2D eigenvalue weighted by molar-refractivity contribution is 6.13. The Morgan fingerprint density at radius 2 is 1.70 bits per heavy atom. The molecule has 44 heavy (non-hydrogen) atoms. The maximum absolute atomic E-state index is 13.7. The van der Waals surface area contributed by atoms with Crippen LogP contribution in [0.15, 0.2) is 54.6 Å². The maximum Gasteiger partial charge on any atom is 0.258 e. The lowest BCUT2D eigenvalue weighted by Crippen LogP contribution is -2.47. The molecule has 3 aromatic carbocycles. The first-order valence-electron chi connectivity index (χ1n) is 15.6. The van der Waals surface area contributed by atoms with Gasteiger partial charge in [0.05, 0.1) is 17.6 Å². The van der Waals surface area contributed by atoms with Crippen LogP contribution in [0.2, 0.25) is 0 Å². The minimum absolute atomic E-state index is 0.00928. The van der Waals surface area contributed by atoms with E-state index in [9.17, 15) is 14.4 Å². The Bertz CT molecular complexity index is 1820. The van der Waals surface area contributed by atoms with Gasteiger partial charge >= 0.3 is 0 Å². The van der Waals surface area contributed by atoms with Crippen LogP contribution in [-0.2, 0) is 24.2 Å². The molecule has 1 atom stereocenters. The predicted octanol–water partition coefficient (Wildman–Crippen LogP) is 5.06. The fourth-order valence-electron chi connectivity index (χ4n) is 7.69. The first-order valence-corrected chi connectivity index (χ1v) is 15.6. The van der Waals surface area contributed by atoms with Crippen LogP contribution >= 0.6 is 0 Å². The van der Waals surface area contributed by atoms with Gasteiger partial charge in [-0.3, -0.25) is 14.4 Å². The number of nitrogens with one attached hydrogen (secondary N) is 1. The van der Waals surface area contributed by atoms with Crippen LogP contribution in [0.1, 0.15) is 62.4 Å². The van der Waals surface area contributed by atoms with Crippen LogP contribution in [0.3, 0.4) is 0 Å². The number of aromatic nitrogens is 1. The number of fused-ring (bicyclic) bond motifs is 4. The molecule has 4 aromatic rings. The summed E-state index contributed by atoms with van der Waals surface area (Å²) < 4.78 is 0. The zero-order chi connectivity index (χ0) is 30.7. The Labute approximate surface area is 257 Å². The van der Waals surface area contributed by atoms with Gasteiger partial charge < -0.3 is 25.4 Å². The molecule has 1 aromatic heterocycles. The average Bonchev–Trinajstić information content (AvgIpc) is 3.58. The van der Waals surface area contributed by atoms with Crippen molar-refractivity contribution in [3.8, 4) is 11.1 Å². The topological polar surface area (TPSA) is 103 Å². The number of H-pyrrole nitrogens is 1. The minimum Gasteiger partial charge on any atom is -0.366 e. The van der Waals surface area contributed by atoms with E-state index >= 15 is 0 Å². The first-order chi connectivity index (χ1) is 21.2. The van der Waals surface area contributed by atoms with E-state index in [4.69, 9.17) is 5.73 Å². The van der Waals surface area contributed by atoms with Gasteiger partial charge in [0.1, 0.15) is 0 Å². The van der Waals surface area contributed by atoms with Crippen molar-refractivity contribution in [1.29, 1.82) is 0 Å². The van der Waals surface area contributed by atoms with E-state index in [1.165, 1.54) is 0 Å². The molecule has 3 aliphatic rings. The van der Waals surface area contributed by atoms with Gasteiger partial charge in [0.25, 0.3) is 11.8 Å². The number of aromatic amines is 1. The Balaban J connectivity index is 1.25. The number of carbonyl (C=O) groups is 3. The molecule has 226 valence electrons. The van der Waals surface area contributed by atoms with E-state index in [1.54, 1.807) is 6.07 Å². The van der Waals surface area contributed by atoms with Crippen molar-refractivity contribution < 1.29 is 14.4 Å². The molecule has 0 radical (unpaired) electrons. The molecule has 3 heterocycles. The fourth-order valence-corrected chi connectivity index (χ4v) is 7.69. The molecule has 7 rings (SSSR count). The lowest BCUT2D eigenvalue weighted by molar-refractivity contribution is -0.137. The Kier molecular flexibility index (Phi) is 7.04. The van der Waals surface area contributed by atoms with Crippen LogP contribution in [0.5, 0.6) is 0 Å². The maximum atomic E-state index is 13.7. The van der Waals surface area contributed by atoms with Crippen LogP contribution in [0.25, 0.3) is 22.0 Å². The zero-order valence-electron chi connectivity index (χ0n) is 25.7. The number of primary amides is 1. The summed E-state index contributed by atoms with van der Waals surface area (Å²) in [4.78, 5) is 49.3. The fraction of sp³-hybridized carbons (Fsp3) is 0.361. The van der Waals surface area contributed by atoms with Gasteiger partial charge in [0.15, 0.2) is 0 Å². The molecule has 3 amide bonds. The third kappa shape index (κ3) is 4.59. The number of rotatable bonds is 5. The highest BCUT2D eigenvalue weighted by Gasteiger charge is 2.34. The molecular formula is C36H39N5O3. The van der Waals surface area contributed by atoms with Crippen LogP contribution in [0.4, 0.5) is 5.69 Å². The number of nitrogens with zero attached hydrogens (tertiary/aromatic N) is 3. The number of aryl methyl sites for hydroxylation is 1. The second-order valence-corrected chi connectivity index (χ2v) is 12.8. The minimum atomic E-state index is -0.485. The van der Waals surface area contributed by atoms with Crippen LogP contribution < -0.4 is 10.6 Å². The van der Waals surface area contributed by atoms with Crippen molar-refractivity contribution >= 4 is 34.3 Å². The third-order valence-corrected chi connectivity index (χ3v) is 10.2. The monoisotopic (exact) mass is 589 g/mol. The molecule has 0 saturated carbocycles. The molecule has 2 aliphatic heterocycles. The van der Waals surface area contributed by atoms with Gasteiger partial charge in [-0.1, -0.05) is 36.4 Å². The molecule has 8 heteroatoms. The van der Waals surface area contributed by atoms with Crippen molar-refractivity contribution in [3.05, 3.63) is 88.1 Å². The van der Waals surface area contributed by atoms with E-state index < -0.39 is 5.91 Å². The Morgan fingerprint density at radius 3 is 2.45 bits per heavy atom. The van der Waals surface area contributed by atoms with Gasteiger partial charge in [0, 0.05) is 41.3 Å². The number of piperidine rings is 1. The van der Waals surface area contributed by atoms with Crippen molar-refractivity contribution in [1.82, 2.24) is 14.8 Å². The Morgan fingerprint density at radius 1 is 0.955 bits per heavy atom. The van der Waals surface area contributed by atoms with E-state index in [-0.39, 0.29) is 23.8 Å². The normalized spacial score (nSPS) is 18.8. The standard InChI is InChI=1S/C36H39N5O3/c1-21-25(9-6-10-31(21)41-20-23-7-4-5-8-26(23)36(41)44)27-13-14-29(34(37)42)33-32(27)28-12-11-22(19-30(28)38-33)35(43)40(3)24-15-17-39(2)18-16-24/h4-10,13-14,22,24,38H,11-12,15-20H2,1-3H3,(H2,37,42). The number of carbonyl (C=O) groups excluding carboxylic acids is 3. The quantitative estimate of drug-likeness (QED) is 0.340. The number of hydrogen-bond donors (Lipinski definition) is 2. The highest BCUT2D eigenvalue weighted by atomic mass is 16.2. The van der Waals surface area contributed by atoms with Gasteiger partial charge in [0.2, 0.25) is 5.91 Å². The van der Waals surface area contributed by atoms with E-state index in [2.05, 4.69) is 29.9 Å². The van der Waals surface area contributed by atoms with Crippen molar-refractivity contribution in [2.75, 3.05) is 32.1 Å². The molecule has 8 nitrogen and oxygen atoms in total. The summed E-state index contributed by atoms with van der Waals surface area (Å²) in [6, 6.07) is 17.9. The predicted molar refractivity (Wildman–Crippen MR) is 173 cm³/mol. The number of anilines is 1. The molecule has 0 spiro atoms. The number of likely N-dealkylation sites (tertiary alicyclic amines) is 1. The van der Waals surface area contributed by atoms with Gasteiger partial charge in [-0.2, -0.15) is 0 Å². The molecule has 3 N–H and O–H groups in total. The Hall–Kier alpha value is -4.43. The first kappa shape index (κ1) is 28.3. The molecular weight excluding hydrogens is 550 g/mol. The smallest absolute Gasteiger partial charge is 0.258 e. The van der Waals surface area contributed by atoms with E-state index in [0.717, 1.165) is 94.4 Å². The van der Waals surface area contributed by atoms with Crippen molar-refractivity contribution in [2.45, 2.75) is 51.6 Å². The third-order valence-electron chi connectivity index (χ3n) is 10.2. The SMILES string of the molecule is Cc1c(-c2ccc(C(N)=O)c3[nH]c4c(c23)CCC(C(=O)N(C)C2CCN(C)CC2)C4)cccc1N1Cc2ccccc2C1=O. The number of nitrogens with two attached hydrogens (primary N) is 1. The summed E-state index contributed by atoms with van der Waals surface area (Å²) in [5.41, 5.74) is 14.9. The van der Waals surface area contributed by atoms with Gasteiger partial charge in [-0.25, -0.2) is 0 Å². The van der Waals surface area contributed by atoms with E-state index in [0.29, 0.717) is 18.5 Å². The summed E-state index contributed by atoms with van der Waals surface area (Å²) in [6.45, 7) is 4.62. The number of amides is 3. The van der Waals surface area contributed by atoms with Crippen molar-refractivity contribution in [3.63, 3.8) is 0 Å². The largest absolute Gasteiger partial charge is 0.366 e. The van der Waals surface area contributed by atoms with Crippen molar-refractivity contribution in [2.24, 2.45) is 11.7 Å². The molecule has 1 aliphatic carbocycles. The summed E-state index contributed by atoms with van der Waals surface area (Å²) >= 11 is 0. The summed E-state index contributed by atoms with van der Waals surface area (Å²) in [7, 11) is 4.09. The average molecular weight is 590 g/mol. The van der Waals surface area contributed by atoms with Crippen LogP contribution in [0, 0.1) is 12.8 Å². The summed E-state index contributed by atoms with van der Waals surface area (Å²) in [5, 5.41) is 0.988. The molecule has 1 saturated heterocycles. The lowest BCUT2D eigenvalue weighted by atomic mass is 9.83. The molecule has 1 unspecified atom stereocenters. The summed E-state index contributed by atoms with van der Waals surface area (Å²) in [6.07, 6.45) is 4.11. The summed E-state index contributed by atoms with van der Waals surface area (Å²) in [5.74, 6) is -0.372. The number of hydrogen-bond acceptors (Lipinski definition) is 4. The molecule has 0 bridgehead atoms. The second-order valence-electron chi connectivity index (χ2n) is 12.8. The zero-order valence-corrected chi connectivity index (χ0v) is 25.7. The number of benzene rings is 3. The lowest BCUT2D eigenvalue weighted by Gasteiger charge is -2.37. The van der Waals surface area contributed by atoms with E-state index in [1.807, 2.05) is 59.3 Å². The highest BCUT2D eigenvalue weighted by Crippen LogP contribution is 2.42. The molecule has 1 fully saturated rings. The van der Waals surface area contributed by atoms with Crippen LogP contribution in [-0.4, -0.2) is 65.7 Å². The second kappa shape index (κ2) is 10.9. The van der Waals surface area contributed by atoms with Gasteiger partial charge in [-0.05, 0) is 105 Å².